The first-order chi connectivity index (χ1) is 9.04. The zero-order valence-corrected chi connectivity index (χ0v) is 10.3. The van der Waals surface area contributed by atoms with Gasteiger partial charge in [-0.3, -0.25) is 9.59 Å². The third-order valence-corrected chi connectivity index (χ3v) is 2.64. The van der Waals surface area contributed by atoms with Gasteiger partial charge in [0.15, 0.2) is 5.69 Å². The van der Waals surface area contributed by atoms with Crippen LogP contribution in [-0.4, -0.2) is 28.6 Å². The van der Waals surface area contributed by atoms with E-state index in [0.717, 1.165) is 0 Å². The molecular formula is C12H13N5O2. The molecule has 5 N–H and O–H groups in total. The Hall–Kier alpha value is -2.83. The predicted octanol–water partition coefficient (Wildman–Crippen LogP) is -0.0870. The average molecular weight is 259 g/mol. The molecule has 1 heterocycles. The topological polar surface area (TPSA) is 116 Å². The van der Waals surface area contributed by atoms with E-state index >= 15 is 0 Å². The summed E-state index contributed by atoms with van der Waals surface area (Å²) in [4.78, 5) is 22.6. The van der Waals surface area contributed by atoms with Gasteiger partial charge in [0.1, 0.15) is 0 Å². The first-order valence-electron chi connectivity index (χ1n) is 5.51. The summed E-state index contributed by atoms with van der Waals surface area (Å²) < 4.78 is 1.42. The predicted molar refractivity (Wildman–Crippen MR) is 69.9 cm³/mol. The molecule has 0 fully saturated rings. The average Bonchev–Trinajstić information content (AvgIpc) is 2.87. The van der Waals surface area contributed by atoms with Crippen molar-refractivity contribution in [2.24, 2.45) is 5.73 Å². The maximum absolute atomic E-state index is 11.4. The number of nitrogens with two attached hydrogens (primary N) is 2. The highest BCUT2D eigenvalue weighted by Crippen LogP contribution is 2.20. The van der Waals surface area contributed by atoms with Crippen LogP contribution in [0, 0.1) is 0 Å². The van der Waals surface area contributed by atoms with Crippen molar-refractivity contribution < 1.29 is 9.59 Å². The first-order valence-corrected chi connectivity index (χ1v) is 5.51. The van der Waals surface area contributed by atoms with Gasteiger partial charge in [-0.15, -0.1) is 0 Å². The second-order valence-corrected chi connectivity index (χ2v) is 3.83. The lowest BCUT2D eigenvalue weighted by Gasteiger charge is -2.08. The molecule has 0 spiro atoms. The molecule has 1 aromatic heterocycles. The fraction of sp³-hybridized carbons (Fsp3) is 0.0833. The Bertz CT molecular complexity index is 647. The van der Waals surface area contributed by atoms with Crippen molar-refractivity contribution in [3.8, 4) is 5.69 Å². The summed E-state index contributed by atoms with van der Waals surface area (Å²) in [6.45, 7) is 0. The third kappa shape index (κ3) is 2.25. The molecule has 7 nitrogen and oxygen atoms in total. The van der Waals surface area contributed by atoms with Crippen molar-refractivity contribution >= 4 is 17.5 Å². The van der Waals surface area contributed by atoms with Gasteiger partial charge >= 0.3 is 0 Å². The molecule has 0 aliphatic carbocycles. The van der Waals surface area contributed by atoms with E-state index in [1.54, 1.807) is 24.4 Å². The minimum absolute atomic E-state index is 0.217. The quantitative estimate of drug-likeness (QED) is 0.668. The number of hydrogen-bond donors (Lipinski definition) is 3. The molecule has 7 heteroatoms. The van der Waals surface area contributed by atoms with Crippen LogP contribution in [0.4, 0.5) is 5.69 Å². The number of nitrogens with zero attached hydrogens (tertiary/aromatic N) is 2. The Labute approximate surface area is 109 Å². The highest BCUT2D eigenvalue weighted by atomic mass is 16.2. The maximum Gasteiger partial charge on any atom is 0.271 e. The lowest BCUT2D eigenvalue weighted by atomic mass is 10.1. The van der Waals surface area contributed by atoms with E-state index in [9.17, 15) is 9.59 Å². The van der Waals surface area contributed by atoms with E-state index in [2.05, 4.69) is 10.4 Å². The van der Waals surface area contributed by atoms with Crippen LogP contribution in [0.5, 0.6) is 0 Å². The number of anilines is 1. The number of carbonyl (C=O) groups excluding carboxylic acids is 2. The standard InChI is InChI=1S/C12H13N5O2/c1-15-12(19)8-5-6-17(16-8)9-4-2-3-7(10(9)13)11(14)18/h2-6H,13H2,1H3,(H2,14,18)(H,15,19). The Morgan fingerprint density at radius 2 is 2.05 bits per heavy atom. The molecular weight excluding hydrogens is 246 g/mol. The van der Waals surface area contributed by atoms with Gasteiger partial charge in [0.2, 0.25) is 0 Å². The summed E-state index contributed by atoms with van der Waals surface area (Å²) in [5, 5.41) is 6.56. The van der Waals surface area contributed by atoms with E-state index in [-0.39, 0.29) is 22.9 Å². The number of primary amides is 1. The van der Waals surface area contributed by atoms with Crippen LogP contribution >= 0.6 is 0 Å². The summed E-state index contributed by atoms with van der Waals surface area (Å²) in [5.41, 5.74) is 12.3. The van der Waals surface area contributed by atoms with Crippen LogP contribution < -0.4 is 16.8 Å². The molecule has 2 aromatic rings. The molecule has 0 aliphatic heterocycles. The third-order valence-electron chi connectivity index (χ3n) is 2.64. The molecule has 2 amide bonds. The van der Waals surface area contributed by atoms with Gasteiger partial charge in [0, 0.05) is 13.2 Å². The van der Waals surface area contributed by atoms with E-state index in [4.69, 9.17) is 11.5 Å². The van der Waals surface area contributed by atoms with Crippen LogP contribution in [0.15, 0.2) is 30.5 Å². The molecule has 1 aromatic carbocycles. The Balaban J connectivity index is 2.48. The molecule has 0 unspecified atom stereocenters. The minimum atomic E-state index is -0.613. The fourth-order valence-electron chi connectivity index (χ4n) is 1.67. The molecule has 0 radical (unpaired) electrons. The van der Waals surface area contributed by atoms with E-state index in [0.29, 0.717) is 5.69 Å². The Kier molecular flexibility index (Phi) is 3.19. The van der Waals surface area contributed by atoms with Gasteiger partial charge in [0.25, 0.3) is 11.8 Å². The van der Waals surface area contributed by atoms with Crippen LogP contribution in [-0.2, 0) is 0 Å². The number of carbonyl (C=O) groups is 2. The zero-order chi connectivity index (χ0) is 14.0. The minimum Gasteiger partial charge on any atom is -0.396 e. The summed E-state index contributed by atoms with van der Waals surface area (Å²) in [6, 6.07) is 6.41. The zero-order valence-electron chi connectivity index (χ0n) is 10.3. The van der Waals surface area contributed by atoms with Crippen molar-refractivity contribution in [3.63, 3.8) is 0 Å². The maximum atomic E-state index is 11.4. The summed E-state index contributed by atoms with van der Waals surface area (Å²) in [5.74, 6) is -0.915. The number of para-hydroxylation sites is 1. The molecule has 0 atom stereocenters. The van der Waals surface area contributed by atoms with Crippen molar-refractivity contribution in [1.82, 2.24) is 15.1 Å². The number of benzene rings is 1. The van der Waals surface area contributed by atoms with Crippen molar-refractivity contribution in [2.75, 3.05) is 12.8 Å². The van der Waals surface area contributed by atoms with E-state index < -0.39 is 5.91 Å². The Morgan fingerprint density at radius 1 is 1.32 bits per heavy atom. The van der Waals surface area contributed by atoms with Crippen molar-refractivity contribution in [1.29, 1.82) is 0 Å². The van der Waals surface area contributed by atoms with Crippen LogP contribution in [0.2, 0.25) is 0 Å². The van der Waals surface area contributed by atoms with Crippen LogP contribution in [0.3, 0.4) is 0 Å². The summed E-state index contributed by atoms with van der Waals surface area (Å²) >= 11 is 0. The number of amides is 2. The largest absolute Gasteiger partial charge is 0.396 e. The number of hydrogen-bond acceptors (Lipinski definition) is 4. The molecule has 0 aliphatic rings. The normalized spacial score (nSPS) is 10.2. The van der Waals surface area contributed by atoms with Crippen LogP contribution in [0.25, 0.3) is 5.69 Å². The second-order valence-electron chi connectivity index (χ2n) is 3.83. The fourth-order valence-corrected chi connectivity index (χ4v) is 1.67. The smallest absolute Gasteiger partial charge is 0.271 e. The highest BCUT2D eigenvalue weighted by molar-refractivity contribution is 5.99. The summed E-state index contributed by atoms with van der Waals surface area (Å²) in [6.07, 6.45) is 1.58. The molecule has 0 saturated carbocycles. The van der Waals surface area contributed by atoms with Gasteiger partial charge in [-0.2, -0.15) is 5.10 Å². The van der Waals surface area contributed by atoms with Gasteiger partial charge in [-0.05, 0) is 18.2 Å². The number of nitrogens with one attached hydrogen (secondary N) is 1. The lowest BCUT2D eigenvalue weighted by Crippen LogP contribution is -2.19. The molecule has 2 rings (SSSR count). The highest BCUT2D eigenvalue weighted by Gasteiger charge is 2.13. The Morgan fingerprint density at radius 3 is 2.68 bits per heavy atom. The second kappa shape index (κ2) is 4.81. The van der Waals surface area contributed by atoms with Crippen molar-refractivity contribution in [3.05, 3.63) is 41.7 Å². The number of rotatable bonds is 3. The molecule has 98 valence electrons. The summed E-state index contributed by atoms with van der Waals surface area (Å²) in [7, 11) is 1.52. The lowest BCUT2D eigenvalue weighted by molar-refractivity contribution is 0.0956. The van der Waals surface area contributed by atoms with Gasteiger partial charge in [-0.1, -0.05) is 6.07 Å². The van der Waals surface area contributed by atoms with Crippen molar-refractivity contribution in [2.45, 2.75) is 0 Å². The number of aromatic nitrogens is 2. The van der Waals surface area contributed by atoms with Gasteiger partial charge in [-0.25, -0.2) is 4.68 Å². The van der Waals surface area contributed by atoms with Crippen LogP contribution in [0.1, 0.15) is 20.8 Å². The monoisotopic (exact) mass is 259 g/mol. The SMILES string of the molecule is CNC(=O)c1ccn(-c2cccc(C(N)=O)c2N)n1. The number of nitrogen functional groups attached to an aromatic ring is 1. The van der Waals surface area contributed by atoms with Gasteiger partial charge in [0.05, 0.1) is 16.9 Å². The van der Waals surface area contributed by atoms with Gasteiger partial charge < -0.3 is 16.8 Å². The van der Waals surface area contributed by atoms with E-state index in [1.165, 1.54) is 17.8 Å². The molecule has 19 heavy (non-hydrogen) atoms. The molecule has 0 saturated heterocycles. The van der Waals surface area contributed by atoms with E-state index in [1.807, 2.05) is 0 Å². The first kappa shape index (κ1) is 12.6. The molecule has 0 bridgehead atoms.